The molecule has 0 bridgehead atoms. The minimum Gasteiger partial charge on any atom is -0.478 e. The van der Waals surface area contributed by atoms with Crippen molar-refractivity contribution in [1.82, 2.24) is 4.90 Å². The summed E-state index contributed by atoms with van der Waals surface area (Å²) >= 11 is 0. The fourth-order valence-electron chi connectivity index (χ4n) is 3.20. The Bertz CT molecular complexity index is 768. The van der Waals surface area contributed by atoms with E-state index in [-0.39, 0.29) is 11.1 Å². The average molecular weight is 340 g/mol. The SMILES string of the molecule is O=C(O)c1cccc(N2CCN(Cc3ccccc3)CC2)c1C(=O)O. The van der Waals surface area contributed by atoms with Crippen molar-refractivity contribution in [3.63, 3.8) is 0 Å². The first-order valence-electron chi connectivity index (χ1n) is 8.17. The summed E-state index contributed by atoms with van der Waals surface area (Å²) in [6.45, 7) is 3.78. The topological polar surface area (TPSA) is 81.1 Å². The Kier molecular flexibility index (Phi) is 5.00. The molecule has 1 saturated heterocycles. The van der Waals surface area contributed by atoms with Gasteiger partial charge in [0.1, 0.15) is 0 Å². The Morgan fingerprint density at radius 1 is 0.840 bits per heavy atom. The predicted molar refractivity (Wildman–Crippen MR) is 94.3 cm³/mol. The van der Waals surface area contributed by atoms with E-state index in [4.69, 9.17) is 0 Å². The molecule has 2 aromatic carbocycles. The van der Waals surface area contributed by atoms with Crippen LogP contribution in [0.3, 0.4) is 0 Å². The number of hydrogen-bond donors (Lipinski definition) is 2. The van der Waals surface area contributed by atoms with Gasteiger partial charge in [0, 0.05) is 32.7 Å². The standard InChI is InChI=1S/C19H20N2O4/c22-18(23)15-7-4-8-16(17(15)19(24)25)21-11-9-20(10-12-21)13-14-5-2-1-3-6-14/h1-8H,9-13H2,(H,22,23)(H,24,25). The molecule has 2 aromatic rings. The third-order valence-electron chi connectivity index (χ3n) is 4.45. The summed E-state index contributed by atoms with van der Waals surface area (Å²) in [5.41, 5.74) is 1.42. The molecule has 2 N–H and O–H groups in total. The molecule has 0 aromatic heterocycles. The smallest absolute Gasteiger partial charge is 0.338 e. The average Bonchev–Trinajstić information content (AvgIpc) is 2.62. The number of anilines is 1. The molecule has 6 heteroatoms. The van der Waals surface area contributed by atoms with Crippen LogP contribution >= 0.6 is 0 Å². The molecule has 0 unspecified atom stereocenters. The van der Waals surface area contributed by atoms with Gasteiger partial charge in [0.25, 0.3) is 0 Å². The molecule has 0 atom stereocenters. The Hall–Kier alpha value is -2.86. The molecule has 1 fully saturated rings. The molecular weight excluding hydrogens is 320 g/mol. The summed E-state index contributed by atoms with van der Waals surface area (Å²) in [5, 5.41) is 18.7. The van der Waals surface area contributed by atoms with Gasteiger partial charge in [0.05, 0.1) is 16.8 Å². The zero-order chi connectivity index (χ0) is 17.8. The van der Waals surface area contributed by atoms with Gasteiger partial charge < -0.3 is 15.1 Å². The fourth-order valence-corrected chi connectivity index (χ4v) is 3.20. The molecule has 6 nitrogen and oxygen atoms in total. The molecule has 0 radical (unpaired) electrons. The van der Waals surface area contributed by atoms with E-state index in [0.717, 1.165) is 19.6 Å². The lowest BCUT2D eigenvalue weighted by Crippen LogP contribution is -2.46. The highest BCUT2D eigenvalue weighted by Crippen LogP contribution is 2.26. The van der Waals surface area contributed by atoms with Crippen LogP contribution in [0.25, 0.3) is 0 Å². The molecule has 1 aliphatic heterocycles. The zero-order valence-corrected chi connectivity index (χ0v) is 13.8. The van der Waals surface area contributed by atoms with E-state index >= 15 is 0 Å². The van der Waals surface area contributed by atoms with Gasteiger partial charge in [-0.1, -0.05) is 36.4 Å². The first-order valence-corrected chi connectivity index (χ1v) is 8.17. The van der Waals surface area contributed by atoms with Crippen molar-refractivity contribution in [2.24, 2.45) is 0 Å². The normalized spacial score (nSPS) is 15.1. The third-order valence-corrected chi connectivity index (χ3v) is 4.45. The summed E-state index contributed by atoms with van der Waals surface area (Å²) in [6, 6.07) is 14.8. The lowest BCUT2D eigenvalue weighted by molar-refractivity contribution is 0.0652. The maximum Gasteiger partial charge on any atom is 0.338 e. The number of carboxylic acids is 2. The van der Waals surface area contributed by atoms with Gasteiger partial charge in [-0.05, 0) is 17.7 Å². The maximum absolute atomic E-state index is 11.6. The van der Waals surface area contributed by atoms with Gasteiger partial charge in [-0.2, -0.15) is 0 Å². The molecule has 0 amide bonds. The van der Waals surface area contributed by atoms with Crippen molar-refractivity contribution in [2.45, 2.75) is 6.54 Å². The predicted octanol–water partition coefficient (Wildman–Crippen LogP) is 2.41. The lowest BCUT2D eigenvalue weighted by Gasteiger charge is -2.36. The van der Waals surface area contributed by atoms with Crippen molar-refractivity contribution >= 4 is 17.6 Å². The van der Waals surface area contributed by atoms with Gasteiger partial charge in [-0.15, -0.1) is 0 Å². The van der Waals surface area contributed by atoms with Crippen molar-refractivity contribution in [1.29, 1.82) is 0 Å². The molecular formula is C19H20N2O4. The number of carbonyl (C=O) groups is 2. The van der Waals surface area contributed by atoms with Crippen LogP contribution in [0.4, 0.5) is 5.69 Å². The highest BCUT2D eigenvalue weighted by molar-refractivity contribution is 6.05. The van der Waals surface area contributed by atoms with Crippen LogP contribution in [0, 0.1) is 0 Å². The van der Waals surface area contributed by atoms with E-state index < -0.39 is 11.9 Å². The van der Waals surface area contributed by atoms with Crippen LogP contribution in [0.5, 0.6) is 0 Å². The number of benzene rings is 2. The van der Waals surface area contributed by atoms with Crippen molar-refractivity contribution < 1.29 is 19.8 Å². The third kappa shape index (κ3) is 3.80. The number of rotatable bonds is 5. The number of piperazine rings is 1. The zero-order valence-electron chi connectivity index (χ0n) is 13.8. The Morgan fingerprint density at radius 3 is 2.12 bits per heavy atom. The largest absolute Gasteiger partial charge is 0.478 e. The maximum atomic E-state index is 11.6. The van der Waals surface area contributed by atoms with Crippen molar-refractivity contribution in [3.8, 4) is 0 Å². The van der Waals surface area contributed by atoms with Crippen LogP contribution in [0.15, 0.2) is 48.5 Å². The number of aromatic carboxylic acids is 2. The molecule has 1 heterocycles. The van der Waals surface area contributed by atoms with Gasteiger partial charge in [-0.3, -0.25) is 4.90 Å². The number of hydrogen-bond acceptors (Lipinski definition) is 4. The Balaban J connectivity index is 1.74. The van der Waals surface area contributed by atoms with Crippen LogP contribution in [0.1, 0.15) is 26.3 Å². The molecule has 0 spiro atoms. The summed E-state index contributed by atoms with van der Waals surface area (Å²) in [4.78, 5) is 27.2. The van der Waals surface area contributed by atoms with Crippen molar-refractivity contribution in [3.05, 3.63) is 65.2 Å². The fraction of sp³-hybridized carbons (Fsp3) is 0.263. The van der Waals surface area contributed by atoms with E-state index in [1.807, 2.05) is 23.1 Å². The number of carboxylic acid groups (broad SMARTS) is 2. The molecule has 25 heavy (non-hydrogen) atoms. The van der Waals surface area contributed by atoms with E-state index in [2.05, 4.69) is 17.0 Å². The molecule has 130 valence electrons. The summed E-state index contributed by atoms with van der Waals surface area (Å²) in [5.74, 6) is -2.43. The molecule has 3 rings (SSSR count). The second-order valence-electron chi connectivity index (χ2n) is 6.06. The van der Waals surface area contributed by atoms with Gasteiger partial charge in [-0.25, -0.2) is 9.59 Å². The second kappa shape index (κ2) is 7.36. The quantitative estimate of drug-likeness (QED) is 0.870. The summed E-state index contributed by atoms with van der Waals surface area (Å²) in [6.07, 6.45) is 0. The first-order chi connectivity index (χ1) is 12.1. The summed E-state index contributed by atoms with van der Waals surface area (Å²) in [7, 11) is 0. The minimum atomic E-state index is -1.22. The highest BCUT2D eigenvalue weighted by atomic mass is 16.4. The van der Waals surface area contributed by atoms with Gasteiger partial charge >= 0.3 is 11.9 Å². The summed E-state index contributed by atoms with van der Waals surface area (Å²) < 4.78 is 0. The second-order valence-corrected chi connectivity index (χ2v) is 6.06. The van der Waals surface area contributed by atoms with Crippen LogP contribution in [0.2, 0.25) is 0 Å². The van der Waals surface area contributed by atoms with Crippen LogP contribution in [-0.4, -0.2) is 53.2 Å². The number of nitrogens with zero attached hydrogens (tertiary/aromatic N) is 2. The van der Waals surface area contributed by atoms with E-state index in [1.54, 1.807) is 12.1 Å². The Morgan fingerprint density at radius 2 is 1.52 bits per heavy atom. The van der Waals surface area contributed by atoms with Crippen LogP contribution < -0.4 is 4.90 Å². The molecule has 1 aliphatic rings. The highest BCUT2D eigenvalue weighted by Gasteiger charge is 2.25. The van der Waals surface area contributed by atoms with Gasteiger partial charge in [0.15, 0.2) is 0 Å². The van der Waals surface area contributed by atoms with E-state index in [9.17, 15) is 19.8 Å². The molecule has 0 saturated carbocycles. The first kappa shape index (κ1) is 17.0. The van der Waals surface area contributed by atoms with E-state index in [1.165, 1.54) is 11.6 Å². The molecule has 0 aliphatic carbocycles. The van der Waals surface area contributed by atoms with Crippen molar-refractivity contribution in [2.75, 3.05) is 31.1 Å². The minimum absolute atomic E-state index is 0.133. The van der Waals surface area contributed by atoms with E-state index in [0.29, 0.717) is 18.8 Å². The monoisotopic (exact) mass is 340 g/mol. The Labute approximate surface area is 145 Å². The van der Waals surface area contributed by atoms with Gasteiger partial charge in [0.2, 0.25) is 0 Å². The van der Waals surface area contributed by atoms with Crippen LogP contribution in [-0.2, 0) is 6.54 Å². The lowest BCUT2D eigenvalue weighted by atomic mass is 10.0.